The third-order valence-corrected chi connectivity index (χ3v) is 2.34. The lowest BCUT2D eigenvalue weighted by Gasteiger charge is -2.31. The van der Waals surface area contributed by atoms with E-state index >= 15 is 0 Å². The van der Waals surface area contributed by atoms with E-state index in [0.29, 0.717) is 0 Å². The molecule has 0 amide bonds. The second-order valence-corrected chi connectivity index (χ2v) is 3.76. The van der Waals surface area contributed by atoms with Gasteiger partial charge < -0.3 is 5.01 Å². The van der Waals surface area contributed by atoms with E-state index in [-0.39, 0.29) is 0 Å². The molecule has 0 N–H and O–H groups in total. The molecule has 13 heavy (non-hydrogen) atoms. The Kier molecular flexibility index (Phi) is 2.23. The Labute approximate surface area is 79.7 Å². The van der Waals surface area contributed by atoms with E-state index in [1.165, 1.54) is 18.5 Å². The highest BCUT2D eigenvalue weighted by atomic mass is 15.6. The van der Waals surface area contributed by atoms with Gasteiger partial charge in [0, 0.05) is 20.1 Å². The Bertz CT molecular complexity index is 263. The van der Waals surface area contributed by atoms with Gasteiger partial charge in [-0.2, -0.15) is 0 Å². The Balaban J connectivity index is 2.20. The summed E-state index contributed by atoms with van der Waals surface area (Å²) in [6.07, 6.45) is 2.65. The summed E-state index contributed by atoms with van der Waals surface area (Å²) in [5.41, 5.74) is 1.30. The highest BCUT2D eigenvalue weighted by Gasteiger charge is 2.30. The topological polar surface area (TPSA) is 6.48 Å². The first kappa shape index (κ1) is 8.57. The minimum Gasteiger partial charge on any atom is -0.303 e. The second-order valence-electron chi connectivity index (χ2n) is 3.76. The summed E-state index contributed by atoms with van der Waals surface area (Å²) in [5, 5.41) is 4.53. The summed E-state index contributed by atoms with van der Waals surface area (Å²) >= 11 is 0. The van der Waals surface area contributed by atoms with Gasteiger partial charge in [0.15, 0.2) is 0 Å². The highest BCUT2D eigenvalue weighted by Crippen LogP contribution is 2.31. The van der Waals surface area contributed by atoms with Crippen molar-refractivity contribution < 1.29 is 0 Å². The van der Waals surface area contributed by atoms with Gasteiger partial charge in [-0.1, -0.05) is 18.2 Å². The van der Waals surface area contributed by atoms with Crippen LogP contribution in [0, 0.1) is 0 Å². The Morgan fingerprint density at radius 1 is 1.08 bits per heavy atom. The van der Waals surface area contributed by atoms with E-state index < -0.39 is 0 Å². The smallest absolute Gasteiger partial charge is 0.0525 e. The number of hydrazine groups is 1. The summed E-state index contributed by atoms with van der Waals surface area (Å²) in [7, 11) is 4.20. The number of para-hydroxylation sites is 1. The predicted molar refractivity (Wildman–Crippen MR) is 55.6 cm³/mol. The van der Waals surface area contributed by atoms with Gasteiger partial charge in [-0.3, -0.25) is 0 Å². The van der Waals surface area contributed by atoms with E-state index in [0.717, 1.165) is 6.04 Å². The summed E-state index contributed by atoms with van der Waals surface area (Å²) in [4.78, 5) is 0. The van der Waals surface area contributed by atoms with Crippen LogP contribution in [0.3, 0.4) is 0 Å². The van der Waals surface area contributed by atoms with Gasteiger partial charge in [0.05, 0.1) is 5.69 Å². The quantitative estimate of drug-likeness (QED) is 0.651. The van der Waals surface area contributed by atoms with E-state index in [1.54, 1.807) is 0 Å². The van der Waals surface area contributed by atoms with Crippen molar-refractivity contribution in [3.05, 3.63) is 30.3 Å². The average molecular weight is 176 g/mol. The predicted octanol–water partition coefficient (Wildman–Crippen LogP) is 2.13. The molecule has 0 radical (unpaired) electrons. The zero-order valence-corrected chi connectivity index (χ0v) is 8.27. The van der Waals surface area contributed by atoms with Crippen molar-refractivity contribution in [2.75, 3.05) is 19.1 Å². The maximum atomic E-state index is 2.36. The van der Waals surface area contributed by atoms with Gasteiger partial charge in [0.25, 0.3) is 0 Å². The van der Waals surface area contributed by atoms with Crippen LogP contribution in [0.25, 0.3) is 0 Å². The molecular formula is C11H16N2. The number of nitrogens with zero attached hydrogens (tertiary/aromatic N) is 2. The number of hydrogen-bond acceptors (Lipinski definition) is 2. The molecule has 2 heteroatoms. The molecule has 2 rings (SSSR count). The number of hydrogen-bond donors (Lipinski definition) is 0. The Morgan fingerprint density at radius 2 is 1.69 bits per heavy atom. The van der Waals surface area contributed by atoms with Gasteiger partial charge in [-0.15, -0.1) is 0 Å². The number of benzene rings is 1. The van der Waals surface area contributed by atoms with Crippen molar-refractivity contribution in [3.8, 4) is 0 Å². The number of rotatable bonds is 3. The molecule has 0 spiro atoms. The fourth-order valence-corrected chi connectivity index (χ4v) is 1.67. The van der Waals surface area contributed by atoms with Crippen LogP contribution < -0.4 is 5.01 Å². The third-order valence-electron chi connectivity index (χ3n) is 2.34. The van der Waals surface area contributed by atoms with Gasteiger partial charge in [-0.25, -0.2) is 5.01 Å². The van der Waals surface area contributed by atoms with Crippen LogP contribution >= 0.6 is 0 Å². The molecule has 1 aliphatic rings. The van der Waals surface area contributed by atoms with E-state index in [1.807, 2.05) is 0 Å². The molecule has 1 aliphatic carbocycles. The minimum absolute atomic E-state index is 0.734. The lowest BCUT2D eigenvalue weighted by atomic mass is 10.3. The van der Waals surface area contributed by atoms with Crippen molar-refractivity contribution in [2.45, 2.75) is 18.9 Å². The molecule has 0 bridgehead atoms. The molecule has 1 aromatic rings. The van der Waals surface area contributed by atoms with Gasteiger partial charge in [-0.05, 0) is 25.0 Å². The lowest BCUT2D eigenvalue weighted by Crippen LogP contribution is -2.38. The van der Waals surface area contributed by atoms with Gasteiger partial charge >= 0.3 is 0 Å². The van der Waals surface area contributed by atoms with Crippen molar-refractivity contribution in [3.63, 3.8) is 0 Å². The van der Waals surface area contributed by atoms with Crippen molar-refractivity contribution in [1.29, 1.82) is 0 Å². The molecule has 1 fully saturated rings. The first-order chi connectivity index (χ1) is 6.29. The fourth-order valence-electron chi connectivity index (χ4n) is 1.67. The molecule has 0 atom stereocenters. The Hall–Kier alpha value is -1.02. The molecule has 1 aromatic carbocycles. The van der Waals surface area contributed by atoms with E-state index in [4.69, 9.17) is 0 Å². The molecule has 2 nitrogen and oxygen atoms in total. The first-order valence-electron chi connectivity index (χ1n) is 4.80. The molecule has 0 aromatic heterocycles. The van der Waals surface area contributed by atoms with Crippen LogP contribution in [-0.4, -0.2) is 25.1 Å². The monoisotopic (exact) mass is 176 g/mol. The first-order valence-corrected chi connectivity index (χ1v) is 4.80. The highest BCUT2D eigenvalue weighted by molar-refractivity contribution is 5.46. The molecule has 0 heterocycles. The zero-order valence-electron chi connectivity index (χ0n) is 8.27. The molecular weight excluding hydrogens is 160 g/mol. The summed E-state index contributed by atoms with van der Waals surface area (Å²) in [6.45, 7) is 0. The summed E-state index contributed by atoms with van der Waals surface area (Å²) in [6, 6.07) is 11.3. The maximum Gasteiger partial charge on any atom is 0.0525 e. The zero-order chi connectivity index (χ0) is 9.26. The van der Waals surface area contributed by atoms with Crippen LogP contribution in [0.4, 0.5) is 5.69 Å². The molecule has 1 saturated carbocycles. The minimum atomic E-state index is 0.734. The lowest BCUT2D eigenvalue weighted by molar-refractivity contribution is 0.365. The molecule has 0 unspecified atom stereocenters. The maximum absolute atomic E-state index is 2.36. The molecule has 0 saturated heterocycles. The van der Waals surface area contributed by atoms with Crippen LogP contribution in [0.1, 0.15) is 12.8 Å². The molecule has 0 aliphatic heterocycles. The standard InChI is InChI=1S/C11H16N2/c1-12(2)13(11-8-9-11)10-6-4-3-5-7-10/h3-7,11H,8-9H2,1-2H3. The normalized spacial score (nSPS) is 16.2. The summed E-state index contributed by atoms with van der Waals surface area (Å²) in [5.74, 6) is 0. The van der Waals surface area contributed by atoms with Crippen LogP contribution in [-0.2, 0) is 0 Å². The van der Waals surface area contributed by atoms with Crippen molar-refractivity contribution in [2.24, 2.45) is 0 Å². The number of anilines is 1. The average Bonchev–Trinajstić information content (AvgIpc) is 2.90. The van der Waals surface area contributed by atoms with Crippen molar-refractivity contribution >= 4 is 5.69 Å². The van der Waals surface area contributed by atoms with Crippen LogP contribution in [0.2, 0.25) is 0 Å². The SMILES string of the molecule is CN(C)N(c1ccccc1)C1CC1. The van der Waals surface area contributed by atoms with Crippen molar-refractivity contribution in [1.82, 2.24) is 5.01 Å². The van der Waals surface area contributed by atoms with Gasteiger partial charge in [0.1, 0.15) is 0 Å². The van der Waals surface area contributed by atoms with E-state index in [9.17, 15) is 0 Å². The largest absolute Gasteiger partial charge is 0.303 e. The van der Waals surface area contributed by atoms with Crippen LogP contribution in [0.5, 0.6) is 0 Å². The second kappa shape index (κ2) is 3.38. The third kappa shape index (κ3) is 1.83. The molecule has 70 valence electrons. The fraction of sp³-hybridized carbons (Fsp3) is 0.455. The summed E-state index contributed by atoms with van der Waals surface area (Å²) < 4.78 is 0. The van der Waals surface area contributed by atoms with Gasteiger partial charge in [0.2, 0.25) is 0 Å². The van der Waals surface area contributed by atoms with Crippen LogP contribution in [0.15, 0.2) is 30.3 Å². The Morgan fingerprint density at radius 3 is 2.15 bits per heavy atom. The van der Waals surface area contributed by atoms with E-state index in [2.05, 4.69) is 54.4 Å².